The summed E-state index contributed by atoms with van der Waals surface area (Å²) in [5, 5.41) is 16.3. The molecule has 146 valence electrons. The highest BCUT2D eigenvalue weighted by atomic mass is 35.5. The first-order valence-corrected chi connectivity index (χ1v) is 9.06. The van der Waals surface area contributed by atoms with Gasteiger partial charge in [0.1, 0.15) is 5.69 Å². The molecule has 0 radical (unpaired) electrons. The molecule has 0 bridgehead atoms. The molecule has 0 aliphatic rings. The summed E-state index contributed by atoms with van der Waals surface area (Å²) in [5.74, 6) is -1.15. The first-order valence-electron chi connectivity index (χ1n) is 8.30. The van der Waals surface area contributed by atoms with E-state index in [2.05, 4.69) is 15.4 Å². The number of aromatic nitrogens is 3. The first-order chi connectivity index (χ1) is 13.8. The van der Waals surface area contributed by atoms with Gasteiger partial charge in [-0.3, -0.25) is 9.59 Å². The van der Waals surface area contributed by atoms with Gasteiger partial charge in [-0.25, -0.2) is 9.67 Å². The molecule has 0 saturated heterocycles. The molecule has 2 heterocycles. The van der Waals surface area contributed by atoms with Crippen LogP contribution in [0.25, 0.3) is 5.82 Å². The Balaban J connectivity index is 2.10. The van der Waals surface area contributed by atoms with E-state index in [-0.39, 0.29) is 39.2 Å². The third-order valence-electron chi connectivity index (χ3n) is 4.04. The van der Waals surface area contributed by atoms with E-state index in [1.54, 1.807) is 25.1 Å². The lowest BCUT2D eigenvalue weighted by Crippen LogP contribution is -2.22. The number of primary amides is 1. The van der Waals surface area contributed by atoms with Crippen molar-refractivity contribution >= 4 is 40.7 Å². The summed E-state index contributed by atoms with van der Waals surface area (Å²) in [4.78, 5) is 29.1. The number of nitrogens with one attached hydrogen (secondary N) is 1. The predicted molar refractivity (Wildman–Crippen MR) is 108 cm³/mol. The Labute approximate surface area is 175 Å². The lowest BCUT2D eigenvalue weighted by molar-refractivity contribution is 0.100. The van der Waals surface area contributed by atoms with Crippen LogP contribution < -0.4 is 11.1 Å². The van der Waals surface area contributed by atoms with E-state index in [0.29, 0.717) is 11.3 Å². The van der Waals surface area contributed by atoms with Gasteiger partial charge in [0, 0.05) is 6.20 Å². The Morgan fingerprint density at radius 2 is 2.03 bits per heavy atom. The highest BCUT2D eigenvalue weighted by Gasteiger charge is 2.22. The molecule has 0 aliphatic carbocycles. The SMILES string of the molecule is Cc1ccc(Cl)c(C(N)=O)c1NC(=O)c1cc(CC#N)nn1-c1ncccc1Cl. The predicted octanol–water partition coefficient (Wildman–Crippen LogP) is 3.30. The molecule has 0 spiro atoms. The van der Waals surface area contributed by atoms with Crippen molar-refractivity contribution in [3.05, 3.63) is 69.1 Å². The molecule has 3 N–H and O–H groups in total. The van der Waals surface area contributed by atoms with E-state index >= 15 is 0 Å². The van der Waals surface area contributed by atoms with Crippen LogP contribution in [0.5, 0.6) is 0 Å². The number of carbonyl (C=O) groups is 2. The molecule has 2 amide bonds. The van der Waals surface area contributed by atoms with Crippen LogP contribution >= 0.6 is 23.2 Å². The third kappa shape index (κ3) is 4.06. The fraction of sp³-hybridized carbons (Fsp3) is 0.105. The number of pyridine rings is 1. The molecule has 2 aromatic heterocycles. The number of nitrogens with two attached hydrogens (primary N) is 1. The number of aryl methyl sites for hydroxylation is 1. The number of nitriles is 1. The molecule has 0 atom stereocenters. The van der Waals surface area contributed by atoms with Crippen LogP contribution in [0.2, 0.25) is 10.0 Å². The van der Waals surface area contributed by atoms with E-state index < -0.39 is 11.8 Å². The van der Waals surface area contributed by atoms with Gasteiger partial charge in [0.05, 0.1) is 39.5 Å². The van der Waals surface area contributed by atoms with Crippen LogP contribution in [0, 0.1) is 18.3 Å². The average Bonchev–Trinajstić information content (AvgIpc) is 3.09. The monoisotopic (exact) mass is 428 g/mol. The van der Waals surface area contributed by atoms with E-state index in [9.17, 15) is 9.59 Å². The summed E-state index contributed by atoms with van der Waals surface area (Å²) >= 11 is 12.3. The zero-order valence-electron chi connectivity index (χ0n) is 15.1. The fourth-order valence-electron chi connectivity index (χ4n) is 2.71. The van der Waals surface area contributed by atoms with Crippen LogP contribution in [-0.2, 0) is 6.42 Å². The van der Waals surface area contributed by atoms with E-state index in [1.807, 2.05) is 6.07 Å². The van der Waals surface area contributed by atoms with Gasteiger partial charge in [0.2, 0.25) is 0 Å². The summed E-state index contributed by atoms with van der Waals surface area (Å²) in [7, 11) is 0. The maximum Gasteiger partial charge on any atom is 0.274 e. The van der Waals surface area contributed by atoms with Crippen molar-refractivity contribution in [1.29, 1.82) is 5.26 Å². The van der Waals surface area contributed by atoms with Crippen molar-refractivity contribution in [2.45, 2.75) is 13.3 Å². The van der Waals surface area contributed by atoms with Crippen molar-refractivity contribution in [1.82, 2.24) is 14.8 Å². The van der Waals surface area contributed by atoms with Gasteiger partial charge in [-0.2, -0.15) is 10.4 Å². The lowest BCUT2D eigenvalue weighted by atomic mass is 10.1. The molecule has 0 aliphatic heterocycles. The van der Waals surface area contributed by atoms with Crippen molar-refractivity contribution in [3.8, 4) is 11.9 Å². The van der Waals surface area contributed by atoms with E-state index in [1.165, 1.54) is 23.0 Å². The standard InChI is InChI=1S/C19H14Cl2N6O2/c1-10-4-5-12(20)15(17(23)28)16(10)25-19(29)14-9-11(6-7-22)26-27(14)18-13(21)3-2-8-24-18/h2-5,8-9H,6H2,1H3,(H2,23,28)(H,25,29). The molecule has 0 saturated carbocycles. The Morgan fingerprint density at radius 3 is 2.69 bits per heavy atom. The number of anilines is 1. The minimum Gasteiger partial charge on any atom is -0.365 e. The van der Waals surface area contributed by atoms with Crippen molar-refractivity contribution < 1.29 is 9.59 Å². The van der Waals surface area contributed by atoms with Crippen molar-refractivity contribution in [3.63, 3.8) is 0 Å². The number of rotatable bonds is 5. The van der Waals surface area contributed by atoms with Crippen molar-refractivity contribution in [2.24, 2.45) is 5.73 Å². The van der Waals surface area contributed by atoms with Gasteiger partial charge < -0.3 is 11.1 Å². The summed E-state index contributed by atoms with van der Waals surface area (Å²) in [5.41, 5.74) is 6.64. The number of benzene rings is 1. The first kappa shape index (κ1) is 20.3. The summed E-state index contributed by atoms with van der Waals surface area (Å²) in [6, 6.07) is 9.85. The minimum atomic E-state index is -0.777. The lowest BCUT2D eigenvalue weighted by Gasteiger charge is -2.14. The summed E-state index contributed by atoms with van der Waals surface area (Å²) in [6.45, 7) is 1.70. The molecule has 0 unspecified atom stereocenters. The Bertz CT molecular complexity index is 1170. The van der Waals surface area contributed by atoms with Crippen LogP contribution in [0.4, 0.5) is 5.69 Å². The highest BCUT2D eigenvalue weighted by molar-refractivity contribution is 6.35. The van der Waals surface area contributed by atoms with Crippen molar-refractivity contribution in [2.75, 3.05) is 5.32 Å². The zero-order chi connectivity index (χ0) is 21.1. The maximum absolute atomic E-state index is 13.1. The van der Waals surface area contributed by atoms with Gasteiger partial charge in [-0.1, -0.05) is 29.3 Å². The Kier molecular flexibility index (Phi) is 5.82. The average molecular weight is 429 g/mol. The fourth-order valence-corrected chi connectivity index (χ4v) is 3.17. The summed E-state index contributed by atoms with van der Waals surface area (Å²) < 4.78 is 1.24. The van der Waals surface area contributed by atoms with Crippen LogP contribution in [0.1, 0.15) is 32.1 Å². The Morgan fingerprint density at radius 1 is 1.28 bits per heavy atom. The maximum atomic E-state index is 13.1. The van der Waals surface area contributed by atoms with Crippen LogP contribution in [0.3, 0.4) is 0 Å². The topological polar surface area (TPSA) is 127 Å². The second-order valence-electron chi connectivity index (χ2n) is 6.01. The van der Waals surface area contributed by atoms with Crippen LogP contribution in [0.15, 0.2) is 36.5 Å². The number of hydrogen-bond acceptors (Lipinski definition) is 5. The number of carbonyl (C=O) groups excluding carboxylic acids is 2. The molecule has 3 aromatic rings. The number of amides is 2. The van der Waals surface area contributed by atoms with Gasteiger partial charge in [0.15, 0.2) is 5.82 Å². The zero-order valence-corrected chi connectivity index (χ0v) is 16.6. The van der Waals surface area contributed by atoms with Gasteiger partial charge in [0.25, 0.3) is 11.8 Å². The smallest absolute Gasteiger partial charge is 0.274 e. The molecule has 0 fully saturated rings. The van der Waals surface area contributed by atoms with E-state index in [0.717, 1.165) is 0 Å². The normalized spacial score (nSPS) is 10.4. The molecular weight excluding hydrogens is 415 g/mol. The molecule has 29 heavy (non-hydrogen) atoms. The van der Waals surface area contributed by atoms with Gasteiger partial charge >= 0.3 is 0 Å². The van der Waals surface area contributed by atoms with Crippen LogP contribution in [-0.4, -0.2) is 26.6 Å². The molecule has 10 heteroatoms. The van der Waals surface area contributed by atoms with Gasteiger partial charge in [-0.05, 0) is 36.8 Å². The Hall–Kier alpha value is -3.41. The molecular formula is C19H14Cl2N6O2. The number of halogens is 2. The van der Waals surface area contributed by atoms with Gasteiger partial charge in [-0.15, -0.1) is 0 Å². The largest absolute Gasteiger partial charge is 0.365 e. The third-order valence-corrected chi connectivity index (χ3v) is 4.65. The number of nitrogens with zero attached hydrogens (tertiary/aromatic N) is 4. The molecule has 3 rings (SSSR count). The molecule has 1 aromatic carbocycles. The minimum absolute atomic E-state index is 0.000742. The quantitative estimate of drug-likeness (QED) is 0.644. The second kappa shape index (κ2) is 8.31. The highest BCUT2D eigenvalue weighted by Crippen LogP contribution is 2.29. The van der Waals surface area contributed by atoms with E-state index in [4.69, 9.17) is 34.2 Å². The number of hydrogen-bond donors (Lipinski definition) is 2. The molecule has 8 nitrogen and oxygen atoms in total. The second-order valence-corrected chi connectivity index (χ2v) is 6.82. The summed E-state index contributed by atoms with van der Waals surface area (Å²) in [6.07, 6.45) is 1.49.